The van der Waals surface area contributed by atoms with Gasteiger partial charge in [-0.25, -0.2) is 4.68 Å². The predicted molar refractivity (Wildman–Crippen MR) is 210 cm³/mol. The number of amides is 2. The van der Waals surface area contributed by atoms with Crippen LogP contribution >= 0.6 is 8.60 Å². The number of fused-ring (bicyclic) bond motifs is 5. The van der Waals surface area contributed by atoms with E-state index in [1.807, 2.05) is 62.4 Å². The highest BCUT2D eigenvalue weighted by atomic mass is 31.2. The van der Waals surface area contributed by atoms with Crippen molar-refractivity contribution >= 4 is 39.9 Å². The third-order valence-electron chi connectivity index (χ3n) is 9.24. The number of carbonyl (C=O) groups is 3. The third kappa shape index (κ3) is 12.6. The Bertz CT molecular complexity index is 1680. The second-order valence-electron chi connectivity index (χ2n) is 13.1. The Morgan fingerprint density at radius 3 is 2.55 bits per heavy atom. The second kappa shape index (κ2) is 22.7. The van der Waals surface area contributed by atoms with Gasteiger partial charge >= 0.3 is 14.6 Å². The number of anilines is 1. The summed E-state index contributed by atoms with van der Waals surface area (Å²) in [6, 6.07) is 13.9. The number of methoxy groups -OCH3 is 1. The number of para-hydroxylation sites is 1. The van der Waals surface area contributed by atoms with Crippen LogP contribution in [0.2, 0.25) is 0 Å². The molecule has 5 N–H and O–H groups in total. The Labute approximate surface area is 325 Å². The lowest BCUT2D eigenvalue weighted by Gasteiger charge is -2.28. The average molecular weight is 781 g/mol. The van der Waals surface area contributed by atoms with Crippen LogP contribution in [0.1, 0.15) is 77.2 Å². The van der Waals surface area contributed by atoms with Gasteiger partial charge in [-0.15, -0.1) is 5.10 Å². The van der Waals surface area contributed by atoms with Crippen LogP contribution in [-0.2, 0) is 46.0 Å². The molecule has 3 aromatic rings. The largest absolute Gasteiger partial charge is 0.480 e. The number of ether oxygens (including phenoxy) is 2. The topological polar surface area (TPSA) is 201 Å². The van der Waals surface area contributed by atoms with Gasteiger partial charge in [0.25, 0.3) is 0 Å². The number of rotatable bonds is 20. The maximum Gasteiger partial charge on any atom is 0.330 e. The Hall–Kier alpha value is -3.76. The Balaban J connectivity index is 0.00000331. The third-order valence-corrected chi connectivity index (χ3v) is 10.1. The molecule has 1 fully saturated rings. The number of unbranched alkanes of at least 4 members (excludes halogenated alkanes) is 3. The van der Waals surface area contributed by atoms with Gasteiger partial charge in [0.05, 0.1) is 37.2 Å². The Morgan fingerprint density at radius 1 is 1.05 bits per heavy atom. The maximum atomic E-state index is 13.8. The van der Waals surface area contributed by atoms with Crippen molar-refractivity contribution < 1.29 is 42.9 Å². The molecule has 5 atom stereocenters. The van der Waals surface area contributed by atoms with Gasteiger partial charge in [0, 0.05) is 50.2 Å². The monoisotopic (exact) mass is 780 g/mol. The zero-order valence-corrected chi connectivity index (χ0v) is 32.9. The number of nitrogens with one attached hydrogen (secondary N) is 1. The zero-order valence-electron chi connectivity index (χ0n) is 32.0. The standard InChI is InChI=1S/C36H48BN6O9P.C2H6/c1-49-23-30-29(21-31(37)51-30)52-53(48)50-20-9-3-2-8-18-39-32(44)16-17-33(45)42-22-24-11-4-5-12-25(24)35-34(26-13-6-7-15-28(26)42)40-41-43(35)19-10-14-27(38)36(46)47;1-2/h4-7,11-13,15,27,29-31,48H,2-3,8-10,14,16-23,38H2,1H3,(H,39,44)(H,46,47);1-2H3. The highest BCUT2D eigenvalue weighted by Gasteiger charge is 2.35. The number of hydrogen-bond acceptors (Lipinski definition) is 11. The van der Waals surface area contributed by atoms with Crippen LogP contribution in [0.15, 0.2) is 48.5 Å². The molecule has 0 bridgehead atoms. The number of nitrogens with zero attached hydrogens (tertiary/aromatic N) is 4. The van der Waals surface area contributed by atoms with Crippen molar-refractivity contribution in [2.24, 2.45) is 5.73 Å². The minimum absolute atomic E-state index is 0.0282. The van der Waals surface area contributed by atoms with E-state index in [0.717, 1.165) is 48.1 Å². The first kappa shape index (κ1) is 44.0. The highest BCUT2D eigenvalue weighted by molar-refractivity contribution is 7.40. The van der Waals surface area contributed by atoms with E-state index in [0.29, 0.717) is 56.9 Å². The van der Waals surface area contributed by atoms with E-state index >= 15 is 0 Å². The zero-order chi connectivity index (χ0) is 39.7. The van der Waals surface area contributed by atoms with Crippen LogP contribution in [0.25, 0.3) is 22.5 Å². The van der Waals surface area contributed by atoms with Gasteiger partial charge in [-0.1, -0.05) is 74.4 Å². The molecular weight excluding hydrogens is 726 g/mol. The van der Waals surface area contributed by atoms with Gasteiger partial charge in [0.1, 0.15) is 25.7 Å². The summed E-state index contributed by atoms with van der Waals surface area (Å²) < 4.78 is 23.5. The fourth-order valence-electron chi connectivity index (χ4n) is 6.49. The van der Waals surface area contributed by atoms with E-state index in [2.05, 4.69) is 15.6 Å². The summed E-state index contributed by atoms with van der Waals surface area (Å²) >= 11 is 0. The fourth-order valence-corrected chi connectivity index (χ4v) is 7.29. The van der Waals surface area contributed by atoms with Gasteiger partial charge in [-0.2, -0.15) is 0 Å². The summed E-state index contributed by atoms with van der Waals surface area (Å²) in [7, 11) is 5.34. The summed E-state index contributed by atoms with van der Waals surface area (Å²) in [6.45, 7) is 5.87. The van der Waals surface area contributed by atoms with Crippen molar-refractivity contribution in [2.45, 2.75) is 109 Å². The first-order valence-electron chi connectivity index (χ1n) is 19.0. The first-order chi connectivity index (χ1) is 26.7. The smallest absolute Gasteiger partial charge is 0.330 e. The fraction of sp³-hybridized carbons (Fsp3) is 0.553. The summed E-state index contributed by atoms with van der Waals surface area (Å²) in [6.07, 6.45) is 3.82. The Morgan fingerprint density at radius 2 is 1.78 bits per heavy atom. The van der Waals surface area contributed by atoms with Gasteiger partial charge < -0.3 is 44.5 Å². The van der Waals surface area contributed by atoms with E-state index in [-0.39, 0.29) is 43.4 Å². The van der Waals surface area contributed by atoms with Crippen molar-refractivity contribution in [1.29, 1.82) is 0 Å². The normalized spacial score (nSPS) is 18.4. The van der Waals surface area contributed by atoms with Gasteiger partial charge in [-0.05, 0) is 43.7 Å². The molecule has 1 aromatic heterocycles. The van der Waals surface area contributed by atoms with E-state index in [4.69, 9.17) is 32.1 Å². The van der Waals surface area contributed by atoms with E-state index < -0.39 is 26.6 Å². The lowest BCUT2D eigenvalue weighted by atomic mass is 9.95. The molecule has 0 spiro atoms. The van der Waals surface area contributed by atoms with Crippen molar-refractivity contribution in [3.8, 4) is 22.5 Å². The quantitative estimate of drug-likeness (QED) is 0.0702. The van der Waals surface area contributed by atoms with Crippen LogP contribution in [0.3, 0.4) is 0 Å². The van der Waals surface area contributed by atoms with Gasteiger partial charge in [0.15, 0.2) is 0 Å². The van der Waals surface area contributed by atoms with Gasteiger partial charge in [0.2, 0.25) is 11.8 Å². The average Bonchev–Trinajstić information content (AvgIpc) is 3.75. The van der Waals surface area contributed by atoms with Gasteiger partial charge in [-0.3, -0.25) is 14.4 Å². The summed E-state index contributed by atoms with van der Waals surface area (Å²) in [5.41, 5.74) is 10.3. The number of aromatic nitrogens is 3. The lowest BCUT2D eigenvalue weighted by molar-refractivity contribution is -0.138. The van der Waals surface area contributed by atoms with E-state index in [9.17, 15) is 24.4 Å². The van der Waals surface area contributed by atoms with Crippen LogP contribution in [-0.4, -0.2) is 102 Å². The molecule has 5 unspecified atom stereocenters. The molecule has 1 saturated heterocycles. The molecule has 2 amide bonds. The number of carboxylic acid groups (broad SMARTS) is 1. The first-order valence-corrected chi connectivity index (χ1v) is 20.1. The molecule has 15 nitrogen and oxygen atoms in total. The Kier molecular flexibility index (Phi) is 18.2. The van der Waals surface area contributed by atoms with Crippen molar-refractivity contribution in [3.05, 3.63) is 54.1 Å². The van der Waals surface area contributed by atoms with Crippen LogP contribution in [0, 0.1) is 0 Å². The van der Waals surface area contributed by atoms with Crippen molar-refractivity contribution in [3.63, 3.8) is 0 Å². The number of nitrogens with two attached hydrogens (primary N) is 1. The molecule has 298 valence electrons. The van der Waals surface area contributed by atoms with Crippen LogP contribution in [0.4, 0.5) is 5.69 Å². The molecule has 17 heteroatoms. The minimum Gasteiger partial charge on any atom is -0.480 e. The summed E-state index contributed by atoms with van der Waals surface area (Å²) in [5.74, 6) is -1.43. The molecule has 0 aliphatic carbocycles. The second-order valence-corrected chi connectivity index (χ2v) is 14.1. The predicted octanol–water partition coefficient (Wildman–Crippen LogP) is 4.68. The molecule has 2 aliphatic heterocycles. The van der Waals surface area contributed by atoms with E-state index in [1.165, 1.54) is 0 Å². The number of carboxylic acids is 1. The number of carbonyl (C=O) groups excluding carboxylic acids is 2. The minimum atomic E-state index is -2.05. The molecule has 55 heavy (non-hydrogen) atoms. The highest BCUT2D eigenvalue weighted by Crippen LogP contribution is 2.42. The van der Waals surface area contributed by atoms with Crippen LogP contribution < -0.4 is 16.0 Å². The SMILES string of the molecule is CC.[B]C1CC(OP(O)OCCCCCCNC(=O)CCC(=O)N2Cc3ccccc3-c3c(nnn3CCCC(N)C(=O)O)-c3ccccc32)C(COC)O1. The lowest BCUT2D eigenvalue weighted by Crippen LogP contribution is -2.33. The number of hydrogen-bond donors (Lipinski definition) is 4. The number of aliphatic carboxylic acids is 1. The van der Waals surface area contributed by atoms with Crippen LogP contribution in [0.5, 0.6) is 0 Å². The number of aryl methyl sites for hydroxylation is 1. The molecule has 0 saturated carbocycles. The molecular formula is C38H54BN6O9P. The molecule has 2 aromatic carbocycles. The van der Waals surface area contributed by atoms with Crippen molar-refractivity contribution in [1.82, 2.24) is 20.3 Å². The van der Waals surface area contributed by atoms with Crippen molar-refractivity contribution in [2.75, 3.05) is 31.8 Å². The summed E-state index contributed by atoms with van der Waals surface area (Å²) in [5, 5.41) is 21.1. The maximum absolute atomic E-state index is 13.8. The molecule has 2 aliphatic rings. The number of benzene rings is 2. The van der Waals surface area contributed by atoms with E-state index in [1.54, 1.807) is 16.7 Å². The molecule has 3 heterocycles. The molecule has 5 rings (SSSR count). The molecule has 2 radical (unpaired) electrons. The summed E-state index contributed by atoms with van der Waals surface area (Å²) in [4.78, 5) is 49.6.